The van der Waals surface area contributed by atoms with Gasteiger partial charge in [-0.15, -0.1) is 0 Å². The molecule has 0 saturated carbocycles. The molecule has 1 aliphatic rings. The number of halogens is 2. The SMILES string of the molecule is CCN1CC(=O)N(Cc2cc(Cl)ccc2F)[C@@H](CC(C)C)C1=O. The fourth-order valence-electron chi connectivity index (χ4n) is 2.84. The molecule has 2 rings (SSSR count). The Labute approximate surface area is 141 Å². The number of nitrogens with zero attached hydrogens (tertiary/aromatic N) is 2. The third-order valence-corrected chi connectivity index (χ3v) is 4.28. The maximum atomic E-state index is 14.0. The van der Waals surface area contributed by atoms with Crippen molar-refractivity contribution in [2.45, 2.75) is 39.8 Å². The molecular formula is C17H22ClFN2O2. The number of hydrogen-bond donors (Lipinski definition) is 0. The first kappa shape index (κ1) is 17.7. The molecular weight excluding hydrogens is 319 g/mol. The van der Waals surface area contributed by atoms with Crippen LogP contribution in [0, 0.1) is 11.7 Å². The van der Waals surface area contributed by atoms with Gasteiger partial charge in [-0.25, -0.2) is 4.39 Å². The van der Waals surface area contributed by atoms with Crippen molar-refractivity contribution in [2.75, 3.05) is 13.1 Å². The van der Waals surface area contributed by atoms with E-state index in [0.717, 1.165) is 0 Å². The molecule has 0 aliphatic carbocycles. The molecule has 6 heteroatoms. The van der Waals surface area contributed by atoms with Gasteiger partial charge in [0.25, 0.3) is 0 Å². The Morgan fingerprint density at radius 3 is 2.65 bits per heavy atom. The third kappa shape index (κ3) is 4.02. The summed E-state index contributed by atoms with van der Waals surface area (Å²) >= 11 is 5.92. The van der Waals surface area contributed by atoms with E-state index in [0.29, 0.717) is 23.6 Å². The number of rotatable bonds is 5. The molecule has 1 heterocycles. The lowest BCUT2D eigenvalue weighted by atomic mass is 9.98. The van der Waals surface area contributed by atoms with E-state index in [1.165, 1.54) is 23.1 Å². The standard InChI is InChI=1S/C17H22ClFN2O2/c1-4-20-10-16(22)21(15(17(20)23)7-11(2)3)9-12-8-13(18)5-6-14(12)19/h5-6,8,11,15H,4,7,9-10H2,1-3H3/t15-/m0/s1. The Balaban J connectivity index is 2.30. The number of piperazine rings is 1. The smallest absolute Gasteiger partial charge is 0.245 e. The molecule has 0 unspecified atom stereocenters. The lowest BCUT2D eigenvalue weighted by Gasteiger charge is -2.40. The van der Waals surface area contributed by atoms with Gasteiger partial charge in [-0.1, -0.05) is 25.4 Å². The molecule has 0 radical (unpaired) electrons. The van der Waals surface area contributed by atoms with Crippen molar-refractivity contribution in [1.82, 2.24) is 9.80 Å². The Morgan fingerprint density at radius 2 is 2.04 bits per heavy atom. The van der Waals surface area contributed by atoms with Crippen molar-refractivity contribution < 1.29 is 14.0 Å². The summed E-state index contributed by atoms with van der Waals surface area (Å²) in [6.45, 7) is 6.46. The first-order chi connectivity index (χ1) is 10.8. The zero-order valence-electron chi connectivity index (χ0n) is 13.7. The van der Waals surface area contributed by atoms with Crippen molar-refractivity contribution in [3.63, 3.8) is 0 Å². The molecule has 0 bridgehead atoms. The summed E-state index contributed by atoms with van der Waals surface area (Å²) in [5.41, 5.74) is 0.331. The van der Waals surface area contributed by atoms with E-state index < -0.39 is 11.9 Å². The molecule has 1 atom stereocenters. The molecule has 2 amide bonds. The van der Waals surface area contributed by atoms with Gasteiger partial charge < -0.3 is 9.80 Å². The lowest BCUT2D eigenvalue weighted by Crippen LogP contribution is -2.59. The van der Waals surface area contributed by atoms with Crippen molar-refractivity contribution in [3.8, 4) is 0 Å². The third-order valence-electron chi connectivity index (χ3n) is 4.04. The van der Waals surface area contributed by atoms with Crippen LogP contribution in [-0.2, 0) is 16.1 Å². The summed E-state index contributed by atoms with van der Waals surface area (Å²) in [6.07, 6.45) is 0.559. The van der Waals surface area contributed by atoms with E-state index in [4.69, 9.17) is 11.6 Å². The van der Waals surface area contributed by atoms with Crippen LogP contribution >= 0.6 is 11.6 Å². The van der Waals surface area contributed by atoms with E-state index in [9.17, 15) is 14.0 Å². The van der Waals surface area contributed by atoms with Gasteiger partial charge in [-0.2, -0.15) is 0 Å². The molecule has 1 aromatic rings. The highest BCUT2D eigenvalue weighted by molar-refractivity contribution is 6.30. The molecule has 0 N–H and O–H groups in total. The van der Waals surface area contributed by atoms with Crippen LogP contribution in [0.5, 0.6) is 0 Å². The van der Waals surface area contributed by atoms with Crippen molar-refractivity contribution in [2.24, 2.45) is 5.92 Å². The van der Waals surface area contributed by atoms with Crippen LogP contribution in [-0.4, -0.2) is 40.7 Å². The number of carbonyl (C=O) groups is 2. The van der Waals surface area contributed by atoms with Crippen molar-refractivity contribution >= 4 is 23.4 Å². The summed E-state index contributed by atoms with van der Waals surface area (Å²) in [5.74, 6) is -0.393. The number of hydrogen-bond acceptors (Lipinski definition) is 2. The molecule has 1 aliphatic heterocycles. The second-order valence-electron chi connectivity index (χ2n) is 6.26. The van der Waals surface area contributed by atoms with Crippen LogP contribution in [0.15, 0.2) is 18.2 Å². The Kier molecular flexibility index (Phi) is 5.63. The summed E-state index contributed by atoms with van der Waals surface area (Å²) < 4.78 is 14.0. The first-order valence-electron chi connectivity index (χ1n) is 7.85. The van der Waals surface area contributed by atoms with Gasteiger partial charge in [-0.05, 0) is 37.5 Å². The van der Waals surface area contributed by atoms with Crippen LogP contribution < -0.4 is 0 Å². The average Bonchev–Trinajstić information content (AvgIpc) is 2.49. The Morgan fingerprint density at radius 1 is 1.35 bits per heavy atom. The highest BCUT2D eigenvalue weighted by atomic mass is 35.5. The number of amides is 2. The Hall–Kier alpha value is -1.62. The zero-order valence-corrected chi connectivity index (χ0v) is 14.4. The van der Waals surface area contributed by atoms with Gasteiger partial charge in [0.1, 0.15) is 11.9 Å². The zero-order chi connectivity index (χ0) is 17.1. The van der Waals surface area contributed by atoms with E-state index in [2.05, 4.69) is 0 Å². The summed E-state index contributed by atoms with van der Waals surface area (Å²) in [5, 5.41) is 0.410. The molecule has 126 valence electrons. The van der Waals surface area contributed by atoms with E-state index >= 15 is 0 Å². The van der Waals surface area contributed by atoms with Gasteiger partial charge in [0.2, 0.25) is 11.8 Å². The molecule has 0 aromatic heterocycles. The molecule has 1 aromatic carbocycles. The lowest BCUT2D eigenvalue weighted by molar-refractivity contribution is -0.157. The average molecular weight is 341 g/mol. The molecule has 1 fully saturated rings. The molecule has 23 heavy (non-hydrogen) atoms. The normalized spacial score (nSPS) is 19.0. The van der Waals surface area contributed by atoms with Gasteiger partial charge in [0, 0.05) is 23.7 Å². The highest BCUT2D eigenvalue weighted by Gasteiger charge is 2.39. The highest BCUT2D eigenvalue weighted by Crippen LogP contribution is 2.24. The number of benzene rings is 1. The first-order valence-corrected chi connectivity index (χ1v) is 8.23. The second kappa shape index (κ2) is 7.30. The van der Waals surface area contributed by atoms with Gasteiger partial charge in [0.05, 0.1) is 6.54 Å². The minimum atomic E-state index is -0.547. The van der Waals surface area contributed by atoms with Crippen LogP contribution in [0.1, 0.15) is 32.8 Å². The summed E-state index contributed by atoms with van der Waals surface area (Å²) in [4.78, 5) is 28.1. The molecule has 0 spiro atoms. The van der Waals surface area contributed by atoms with E-state index in [1.54, 1.807) is 4.90 Å². The summed E-state index contributed by atoms with van der Waals surface area (Å²) in [7, 11) is 0. The number of carbonyl (C=O) groups excluding carboxylic acids is 2. The van der Waals surface area contributed by atoms with Crippen LogP contribution in [0.2, 0.25) is 5.02 Å². The van der Waals surface area contributed by atoms with Crippen LogP contribution in [0.25, 0.3) is 0 Å². The monoisotopic (exact) mass is 340 g/mol. The van der Waals surface area contributed by atoms with E-state index in [-0.39, 0.29) is 30.8 Å². The van der Waals surface area contributed by atoms with Gasteiger partial charge in [-0.3, -0.25) is 9.59 Å². The fraction of sp³-hybridized carbons (Fsp3) is 0.529. The topological polar surface area (TPSA) is 40.6 Å². The predicted molar refractivity (Wildman–Crippen MR) is 87.5 cm³/mol. The van der Waals surface area contributed by atoms with Crippen molar-refractivity contribution in [3.05, 3.63) is 34.6 Å². The van der Waals surface area contributed by atoms with Crippen LogP contribution in [0.3, 0.4) is 0 Å². The number of likely N-dealkylation sites (N-methyl/N-ethyl adjacent to an activating group) is 1. The van der Waals surface area contributed by atoms with Crippen molar-refractivity contribution in [1.29, 1.82) is 0 Å². The quantitative estimate of drug-likeness (QED) is 0.826. The van der Waals surface area contributed by atoms with Gasteiger partial charge >= 0.3 is 0 Å². The maximum absolute atomic E-state index is 14.0. The minimum absolute atomic E-state index is 0.0477. The van der Waals surface area contributed by atoms with Gasteiger partial charge in [0.15, 0.2) is 0 Å². The molecule has 4 nitrogen and oxygen atoms in total. The summed E-state index contributed by atoms with van der Waals surface area (Å²) in [6, 6.07) is 3.71. The largest absolute Gasteiger partial charge is 0.332 e. The maximum Gasteiger partial charge on any atom is 0.245 e. The predicted octanol–water partition coefficient (Wildman–Crippen LogP) is 3.08. The van der Waals surface area contributed by atoms with Crippen LogP contribution in [0.4, 0.5) is 4.39 Å². The minimum Gasteiger partial charge on any atom is -0.332 e. The van der Waals surface area contributed by atoms with E-state index in [1.807, 2.05) is 20.8 Å². The Bertz CT molecular complexity index is 606. The fourth-order valence-corrected chi connectivity index (χ4v) is 3.03. The molecule has 1 saturated heterocycles. The second-order valence-corrected chi connectivity index (χ2v) is 6.69.